The van der Waals surface area contributed by atoms with Crippen molar-refractivity contribution in [3.05, 3.63) is 62.8 Å². The lowest BCUT2D eigenvalue weighted by Crippen LogP contribution is -2.24. The molecule has 1 N–H and O–H groups in total. The first-order valence-electron chi connectivity index (χ1n) is 6.08. The maximum atomic E-state index is 11.5. The van der Waals surface area contributed by atoms with Gasteiger partial charge >= 0.3 is 6.09 Å². The Kier molecular flexibility index (Phi) is 5.83. The number of benzene rings is 1. The second kappa shape index (κ2) is 7.87. The van der Waals surface area contributed by atoms with Crippen molar-refractivity contribution < 1.29 is 9.53 Å². The fourth-order valence-corrected chi connectivity index (χ4v) is 2.91. The highest BCUT2D eigenvalue weighted by molar-refractivity contribution is 9.10. The van der Waals surface area contributed by atoms with Crippen LogP contribution in [0.15, 0.2) is 51.6 Å². The molecule has 1 heterocycles. The first-order chi connectivity index (χ1) is 9.75. The van der Waals surface area contributed by atoms with Crippen molar-refractivity contribution in [2.24, 2.45) is 0 Å². The molecule has 0 saturated carbocycles. The summed E-state index contributed by atoms with van der Waals surface area (Å²) in [6.07, 6.45) is 3.43. The van der Waals surface area contributed by atoms with E-state index in [2.05, 4.69) is 21.2 Å². The van der Waals surface area contributed by atoms with E-state index < -0.39 is 6.09 Å². The molecular weight excluding hydrogens is 338 g/mol. The summed E-state index contributed by atoms with van der Waals surface area (Å²) >= 11 is 5.07. The van der Waals surface area contributed by atoms with Crippen LogP contribution in [0, 0.1) is 0 Å². The first kappa shape index (κ1) is 14.8. The monoisotopic (exact) mass is 351 g/mol. The molecule has 104 valence electrons. The van der Waals surface area contributed by atoms with Crippen LogP contribution in [0.4, 0.5) is 4.79 Å². The van der Waals surface area contributed by atoms with Crippen molar-refractivity contribution in [1.82, 2.24) is 5.32 Å². The normalized spacial score (nSPS) is 10.7. The van der Waals surface area contributed by atoms with E-state index in [1.54, 1.807) is 11.3 Å². The Morgan fingerprint density at radius 2 is 2.10 bits per heavy atom. The van der Waals surface area contributed by atoms with E-state index in [4.69, 9.17) is 4.74 Å². The molecule has 3 nitrogen and oxygen atoms in total. The topological polar surface area (TPSA) is 38.3 Å². The zero-order valence-electron chi connectivity index (χ0n) is 10.7. The Labute approximate surface area is 130 Å². The molecule has 1 aromatic heterocycles. The summed E-state index contributed by atoms with van der Waals surface area (Å²) < 4.78 is 6.16. The molecule has 2 rings (SSSR count). The van der Waals surface area contributed by atoms with Crippen molar-refractivity contribution in [3.63, 3.8) is 0 Å². The second-order valence-corrected chi connectivity index (χ2v) is 5.62. The molecule has 0 aliphatic carbocycles. The van der Waals surface area contributed by atoms with Gasteiger partial charge in [-0.05, 0) is 32.4 Å². The molecule has 0 spiro atoms. The summed E-state index contributed by atoms with van der Waals surface area (Å²) in [6.45, 7) is 0.725. The highest BCUT2D eigenvalue weighted by Gasteiger charge is 2.00. The van der Waals surface area contributed by atoms with Crippen molar-refractivity contribution >= 4 is 39.4 Å². The molecule has 1 aromatic carbocycles. The summed E-state index contributed by atoms with van der Waals surface area (Å²) in [5.41, 5.74) is 2.08. The van der Waals surface area contributed by atoms with E-state index >= 15 is 0 Å². The number of nitrogens with one attached hydrogen (secondary N) is 1. The van der Waals surface area contributed by atoms with E-state index in [9.17, 15) is 4.79 Å². The number of amides is 1. The summed E-state index contributed by atoms with van der Waals surface area (Å²) in [6, 6.07) is 9.59. The average molecular weight is 352 g/mol. The number of ether oxygens (including phenoxy) is 1. The molecule has 0 unspecified atom stereocenters. The van der Waals surface area contributed by atoms with E-state index in [0.717, 1.165) is 15.6 Å². The van der Waals surface area contributed by atoms with Gasteiger partial charge in [-0.3, -0.25) is 0 Å². The van der Waals surface area contributed by atoms with Gasteiger partial charge in [0.1, 0.15) is 6.61 Å². The van der Waals surface area contributed by atoms with Crippen LogP contribution < -0.4 is 5.32 Å². The van der Waals surface area contributed by atoms with Crippen LogP contribution >= 0.6 is 27.3 Å². The largest absolute Gasteiger partial charge is 0.445 e. The van der Waals surface area contributed by atoms with Crippen LogP contribution in [-0.2, 0) is 11.3 Å². The van der Waals surface area contributed by atoms with Crippen LogP contribution in [0.1, 0.15) is 11.1 Å². The van der Waals surface area contributed by atoms with Crippen LogP contribution in [-0.4, -0.2) is 12.6 Å². The smallest absolute Gasteiger partial charge is 0.407 e. The average Bonchev–Trinajstić information content (AvgIpc) is 2.88. The third kappa shape index (κ3) is 4.83. The van der Waals surface area contributed by atoms with Crippen molar-refractivity contribution in [1.29, 1.82) is 0 Å². The molecule has 0 atom stereocenters. The van der Waals surface area contributed by atoms with Gasteiger partial charge in [0.25, 0.3) is 0 Å². The van der Waals surface area contributed by atoms with Crippen LogP contribution in [0.25, 0.3) is 6.08 Å². The van der Waals surface area contributed by atoms with Gasteiger partial charge < -0.3 is 10.1 Å². The number of halogens is 1. The van der Waals surface area contributed by atoms with Gasteiger partial charge in [0.15, 0.2) is 0 Å². The zero-order valence-corrected chi connectivity index (χ0v) is 13.1. The van der Waals surface area contributed by atoms with Gasteiger partial charge in [0, 0.05) is 16.4 Å². The molecule has 0 bridgehead atoms. The maximum Gasteiger partial charge on any atom is 0.407 e. The third-order valence-corrected chi connectivity index (χ3v) is 4.27. The number of alkyl carbamates (subject to hydrolysis) is 1. The lowest BCUT2D eigenvalue weighted by atomic mass is 10.2. The lowest BCUT2D eigenvalue weighted by Gasteiger charge is -2.05. The Bertz CT molecular complexity index is 581. The predicted octanol–water partition coefficient (Wildman–Crippen LogP) is 4.45. The van der Waals surface area contributed by atoms with Gasteiger partial charge in [-0.1, -0.05) is 42.5 Å². The van der Waals surface area contributed by atoms with Crippen molar-refractivity contribution in [2.75, 3.05) is 6.54 Å². The summed E-state index contributed by atoms with van der Waals surface area (Å²) in [5, 5.41) is 6.73. The fraction of sp³-hybridized carbons (Fsp3) is 0.133. The predicted molar refractivity (Wildman–Crippen MR) is 85.7 cm³/mol. The third-order valence-electron chi connectivity index (χ3n) is 2.52. The van der Waals surface area contributed by atoms with Gasteiger partial charge in [-0.25, -0.2) is 4.79 Å². The molecule has 0 fully saturated rings. The molecule has 0 aliphatic heterocycles. The molecular formula is C15H14BrNO2S. The minimum absolute atomic E-state index is 0.284. The highest BCUT2D eigenvalue weighted by atomic mass is 79.9. The Hall–Kier alpha value is -1.59. The number of hydrogen-bond acceptors (Lipinski definition) is 3. The molecule has 0 radical (unpaired) electrons. The summed E-state index contributed by atoms with van der Waals surface area (Å²) in [7, 11) is 0. The molecule has 0 saturated heterocycles. The minimum atomic E-state index is -0.414. The molecule has 1 amide bonds. The van der Waals surface area contributed by atoms with Crippen molar-refractivity contribution in [2.45, 2.75) is 6.61 Å². The molecule has 2 aromatic rings. The van der Waals surface area contributed by atoms with Gasteiger partial charge in [-0.2, -0.15) is 11.3 Å². The standard InChI is InChI=1S/C15H14BrNO2S/c16-14-11-20-10-13(14)7-4-8-17-15(18)19-9-12-5-2-1-3-6-12/h1-7,10-11H,8-9H2,(H,17,18). The fourth-order valence-electron chi connectivity index (χ4n) is 1.51. The van der Waals surface area contributed by atoms with E-state index in [0.29, 0.717) is 6.54 Å². The number of rotatable bonds is 5. The molecule has 5 heteroatoms. The van der Waals surface area contributed by atoms with E-state index in [1.165, 1.54) is 0 Å². The number of carbonyl (C=O) groups is 1. The van der Waals surface area contributed by atoms with E-state index in [-0.39, 0.29) is 6.61 Å². The number of hydrogen-bond donors (Lipinski definition) is 1. The van der Waals surface area contributed by atoms with Crippen LogP contribution in [0.5, 0.6) is 0 Å². The van der Waals surface area contributed by atoms with Gasteiger partial charge in [0.05, 0.1) is 0 Å². The highest BCUT2D eigenvalue weighted by Crippen LogP contribution is 2.22. The maximum absolute atomic E-state index is 11.5. The van der Waals surface area contributed by atoms with Crippen molar-refractivity contribution in [3.8, 4) is 0 Å². The van der Waals surface area contributed by atoms with Gasteiger partial charge in [-0.15, -0.1) is 0 Å². The summed E-state index contributed by atoms with van der Waals surface area (Å²) in [4.78, 5) is 11.5. The summed E-state index contributed by atoms with van der Waals surface area (Å²) in [5.74, 6) is 0. The minimum Gasteiger partial charge on any atom is -0.445 e. The SMILES string of the molecule is O=C(NCC=Cc1cscc1Br)OCc1ccccc1. The number of thiophene rings is 1. The van der Waals surface area contributed by atoms with Crippen LogP contribution in [0.3, 0.4) is 0 Å². The second-order valence-electron chi connectivity index (χ2n) is 4.02. The quantitative estimate of drug-likeness (QED) is 0.863. The molecule has 0 aliphatic rings. The molecule has 20 heavy (non-hydrogen) atoms. The van der Waals surface area contributed by atoms with Crippen LogP contribution in [0.2, 0.25) is 0 Å². The number of carbonyl (C=O) groups excluding carboxylic acids is 1. The zero-order chi connectivity index (χ0) is 14.2. The Morgan fingerprint density at radius 1 is 1.30 bits per heavy atom. The Morgan fingerprint density at radius 3 is 2.80 bits per heavy atom. The first-order valence-corrected chi connectivity index (χ1v) is 7.82. The lowest BCUT2D eigenvalue weighted by molar-refractivity contribution is 0.141. The Balaban J connectivity index is 1.68. The van der Waals surface area contributed by atoms with E-state index in [1.807, 2.05) is 53.2 Å². The van der Waals surface area contributed by atoms with Gasteiger partial charge in [0.2, 0.25) is 0 Å².